The second-order valence-electron chi connectivity index (χ2n) is 5.29. The molecule has 1 N–H and O–H groups in total. The summed E-state index contributed by atoms with van der Waals surface area (Å²) in [5, 5.41) is 9.39. The van der Waals surface area contributed by atoms with E-state index in [-0.39, 0.29) is 23.3 Å². The molecule has 2 rings (SSSR count). The van der Waals surface area contributed by atoms with Crippen molar-refractivity contribution in [2.75, 3.05) is 13.1 Å². The summed E-state index contributed by atoms with van der Waals surface area (Å²) in [6.07, 6.45) is 2.58. The number of carboxylic acids is 1. The minimum Gasteiger partial charge on any atom is -0.481 e. The summed E-state index contributed by atoms with van der Waals surface area (Å²) in [6.45, 7) is 1.25. The average Bonchev–Trinajstić information content (AvgIpc) is 2.47. The number of aliphatic carboxylic acids is 1. The zero-order valence-corrected chi connectivity index (χ0v) is 13.0. The largest absolute Gasteiger partial charge is 0.481 e. The molecule has 0 aromatic heterocycles. The summed E-state index contributed by atoms with van der Waals surface area (Å²) in [5.41, 5.74) is 0.406. The predicted molar refractivity (Wildman–Crippen MR) is 82.0 cm³/mol. The van der Waals surface area contributed by atoms with E-state index in [0.29, 0.717) is 30.1 Å². The van der Waals surface area contributed by atoms with Crippen LogP contribution in [-0.2, 0) is 4.79 Å². The molecule has 1 saturated heterocycles. The van der Waals surface area contributed by atoms with Gasteiger partial charge in [-0.15, -0.1) is 0 Å². The summed E-state index contributed by atoms with van der Waals surface area (Å²) < 4.78 is 0. The van der Waals surface area contributed by atoms with Crippen LogP contribution in [0.2, 0.25) is 10.0 Å². The van der Waals surface area contributed by atoms with Gasteiger partial charge in [-0.1, -0.05) is 29.3 Å². The standard InChI is InChI=1S/C15H17Cl2NO3/c16-12-5-1-4-11(14(12)17)15(21)18-8-2-3-10(9-18)6-7-13(19)20/h1,4-5,10H,2-3,6-9H2,(H,19,20)/t10-/m1/s1. The molecule has 0 unspecified atom stereocenters. The molecule has 4 nitrogen and oxygen atoms in total. The van der Waals surface area contributed by atoms with Gasteiger partial charge in [-0.25, -0.2) is 0 Å². The summed E-state index contributed by atoms with van der Waals surface area (Å²) in [7, 11) is 0. The van der Waals surface area contributed by atoms with E-state index in [1.807, 2.05) is 0 Å². The first-order chi connectivity index (χ1) is 9.99. The number of piperidine rings is 1. The minimum atomic E-state index is -0.795. The Morgan fingerprint density at radius 2 is 2.10 bits per heavy atom. The van der Waals surface area contributed by atoms with Crippen LogP contribution >= 0.6 is 23.2 Å². The van der Waals surface area contributed by atoms with E-state index in [0.717, 1.165) is 12.8 Å². The number of carbonyl (C=O) groups is 2. The first-order valence-corrected chi connectivity index (χ1v) is 7.69. The van der Waals surface area contributed by atoms with Gasteiger partial charge >= 0.3 is 5.97 Å². The number of nitrogens with zero attached hydrogens (tertiary/aromatic N) is 1. The van der Waals surface area contributed by atoms with Crippen molar-refractivity contribution in [1.29, 1.82) is 0 Å². The highest BCUT2D eigenvalue weighted by molar-refractivity contribution is 6.43. The molecule has 0 aliphatic carbocycles. The molecule has 6 heteroatoms. The van der Waals surface area contributed by atoms with Gasteiger partial charge in [-0.05, 0) is 37.3 Å². The molecular weight excluding hydrogens is 313 g/mol. The van der Waals surface area contributed by atoms with Crippen LogP contribution in [-0.4, -0.2) is 35.0 Å². The van der Waals surface area contributed by atoms with E-state index in [9.17, 15) is 9.59 Å². The Bertz CT molecular complexity index is 548. The molecule has 1 aromatic rings. The van der Waals surface area contributed by atoms with E-state index < -0.39 is 5.97 Å². The fourth-order valence-electron chi connectivity index (χ4n) is 2.65. The predicted octanol–water partition coefficient (Wildman–Crippen LogP) is 3.71. The normalized spacial score (nSPS) is 18.6. The Morgan fingerprint density at radius 1 is 1.33 bits per heavy atom. The molecule has 1 heterocycles. The van der Waals surface area contributed by atoms with Gasteiger partial charge in [0.1, 0.15) is 0 Å². The molecule has 114 valence electrons. The van der Waals surface area contributed by atoms with Crippen LogP contribution in [0.1, 0.15) is 36.0 Å². The van der Waals surface area contributed by atoms with Crippen LogP contribution < -0.4 is 0 Å². The third-order valence-electron chi connectivity index (χ3n) is 3.75. The molecule has 0 radical (unpaired) electrons. The summed E-state index contributed by atoms with van der Waals surface area (Å²) >= 11 is 12.0. The molecular formula is C15H17Cl2NO3. The molecule has 0 saturated carbocycles. The Kier molecular flexibility index (Phi) is 5.48. The molecule has 1 aliphatic rings. The highest BCUT2D eigenvalue weighted by atomic mass is 35.5. The van der Waals surface area contributed by atoms with Crippen molar-refractivity contribution in [2.24, 2.45) is 5.92 Å². The van der Waals surface area contributed by atoms with E-state index in [1.165, 1.54) is 0 Å². The molecule has 1 atom stereocenters. The number of hydrogen-bond acceptors (Lipinski definition) is 2. The molecule has 0 spiro atoms. The first kappa shape index (κ1) is 16.1. The van der Waals surface area contributed by atoms with Crippen molar-refractivity contribution >= 4 is 35.1 Å². The number of amides is 1. The number of carbonyl (C=O) groups excluding carboxylic acids is 1. The van der Waals surface area contributed by atoms with Gasteiger partial charge < -0.3 is 10.0 Å². The smallest absolute Gasteiger partial charge is 0.303 e. The van der Waals surface area contributed by atoms with Gasteiger partial charge in [-0.3, -0.25) is 9.59 Å². The van der Waals surface area contributed by atoms with Crippen LogP contribution in [0.15, 0.2) is 18.2 Å². The third kappa shape index (κ3) is 4.11. The number of likely N-dealkylation sites (tertiary alicyclic amines) is 1. The zero-order valence-electron chi connectivity index (χ0n) is 11.5. The van der Waals surface area contributed by atoms with Gasteiger partial charge in [0.05, 0.1) is 15.6 Å². The topological polar surface area (TPSA) is 57.6 Å². The Morgan fingerprint density at radius 3 is 2.81 bits per heavy atom. The fourth-order valence-corrected chi connectivity index (χ4v) is 3.03. The Labute approximate surface area is 133 Å². The second-order valence-corrected chi connectivity index (χ2v) is 6.08. The van der Waals surface area contributed by atoms with Gasteiger partial charge in [0.2, 0.25) is 0 Å². The third-order valence-corrected chi connectivity index (χ3v) is 4.57. The number of rotatable bonds is 4. The lowest BCUT2D eigenvalue weighted by Crippen LogP contribution is -2.40. The molecule has 0 bridgehead atoms. The molecule has 1 fully saturated rings. The molecule has 21 heavy (non-hydrogen) atoms. The van der Waals surface area contributed by atoms with Crippen molar-refractivity contribution < 1.29 is 14.7 Å². The van der Waals surface area contributed by atoms with Crippen LogP contribution in [0.5, 0.6) is 0 Å². The van der Waals surface area contributed by atoms with Crippen LogP contribution in [0, 0.1) is 5.92 Å². The lowest BCUT2D eigenvalue weighted by Gasteiger charge is -2.33. The van der Waals surface area contributed by atoms with Crippen molar-refractivity contribution in [1.82, 2.24) is 4.90 Å². The van der Waals surface area contributed by atoms with Gasteiger partial charge in [0.25, 0.3) is 5.91 Å². The first-order valence-electron chi connectivity index (χ1n) is 6.94. The van der Waals surface area contributed by atoms with Crippen molar-refractivity contribution in [3.63, 3.8) is 0 Å². The SMILES string of the molecule is O=C(O)CC[C@H]1CCCN(C(=O)c2cccc(Cl)c2Cl)C1. The number of carboxylic acid groups (broad SMARTS) is 1. The van der Waals surface area contributed by atoms with E-state index in [4.69, 9.17) is 28.3 Å². The van der Waals surface area contributed by atoms with Gasteiger partial charge in [-0.2, -0.15) is 0 Å². The summed E-state index contributed by atoms with van der Waals surface area (Å²) in [6, 6.07) is 5.01. The van der Waals surface area contributed by atoms with Crippen LogP contribution in [0.25, 0.3) is 0 Å². The lowest BCUT2D eigenvalue weighted by atomic mass is 9.93. The summed E-state index contributed by atoms with van der Waals surface area (Å²) in [5.74, 6) is -0.698. The Hall–Kier alpha value is -1.26. The van der Waals surface area contributed by atoms with Crippen molar-refractivity contribution in [2.45, 2.75) is 25.7 Å². The van der Waals surface area contributed by atoms with E-state index >= 15 is 0 Å². The quantitative estimate of drug-likeness (QED) is 0.915. The van der Waals surface area contributed by atoms with Crippen molar-refractivity contribution in [3.05, 3.63) is 33.8 Å². The zero-order chi connectivity index (χ0) is 15.4. The molecule has 1 aromatic carbocycles. The van der Waals surface area contributed by atoms with E-state index in [1.54, 1.807) is 23.1 Å². The average molecular weight is 330 g/mol. The summed E-state index contributed by atoms with van der Waals surface area (Å²) in [4.78, 5) is 24.9. The maximum atomic E-state index is 12.5. The highest BCUT2D eigenvalue weighted by Gasteiger charge is 2.26. The van der Waals surface area contributed by atoms with Gasteiger partial charge in [0.15, 0.2) is 0 Å². The number of halogens is 2. The van der Waals surface area contributed by atoms with E-state index in [2.05, 4.69) is 0 Å². The lowest BCUT2D eigenvalue weighted by molar-refractivity contribution is -0.137. The van der Waals surface area contributed by atoms with Crippen LogP contribution in [0.3, 0.4) is 0 Å². The molecule has 1 amide bonds. The monoisotopic (exact) mass is 329 g/mol. The fraction of sp³-hybridized carbons (Fsp3) is 0.467. The maximum absolute atomic E-state index is 12.5. The second kappa shape index (κ2) is 7.14. The minimum absolute atomic E-state index is 0.137. The van der Waals surface area contributed by atoms with Crippen LogP contribution in [0.4, 0.5) is 0 Å². The number of hydrogen-bond donors (Lipinski definition) is 1. The highest BCUT2D eigenvalue weighted by Crippen LogP contribution is 2.28. The van der Waals surface area contributed by atoms with Crippen molar-refractivity contribution in [3.8, 4) is 0 Å². The Balaban J connectivity index is 2.05. The van der Waals surface area contributed by atoms with Gasteiger partial charge in [0, 0.05) is 19.5 Å². The maximum Gasteiger partial charge on any atom is 0.303 e. The molecule has 1 aliphatic heterocycles. The number of benzene rings is 1.